The van der Waals surface area contributed by atoms with Crippen molar-refractivity contribution in [3.8, 4) is 0 Å². The summed E-state index contributed by atoms with van der Waals surface area (Å²) in [6.07, 6.45) is 2.72. The SMILES string of the molecule is CN(CCc1ccccc1)C(=O)OC1CCCc2sc(N=C(N)N)nc21. The quantitative estimate of drug-likeness (QED) is 0.619. The number of nitrogens with zero attached hydrogens (tertiary/aromatic N) is 3. The van der Waals surface area contributed by atoms with Crippen LogP contribution in [0.3, 0.4) is 0 Å². The molecule has 1 heterocycles. The number of rotatable bonds is 5. The molecule has 1 aromatic carbocycles. The molecule has 26 heavy (non-hydrogen) atoms. The number of thiazole rings is 1. The van der Waals surface area contributed by atoms with Gasteiger partial charge in [-0.2, -0.15) is 4.99 Å². The van der Waals surface area contributed by atoms with Crippen molar-refractivity contribution in [2.24, 2.45) is 16.5 Å². The predicted octanol–water partition coefficient (Wildman–Crippen LogP) is 2.74. The molecule has 1 aromatic heterocycles. The number of guanidine groups is 1. The van der Waals surface area contributed by atoms with Gasteiger partial charge in [0, 0.05) is 18.5 Å². The Kier molecular flexibility index (Phi) is 5.72. The van der Waals surface area contributed by atoms with Gasteiger partial charge in [0.15, 0.2) is 5.96 Å². The molecule has 8 heteroatoms. The van der Waals surface area contributed by atoms with Crippen LogP contribution in [-0.2, 0) is 17.6 Å². The summed E-state index contributed by atoms with van der Waals surface area (Å²) in [5.41, 5.74) is 12.8. The molecule has 1 unspecified atom stereocenters. The van der Waals surface area contributed by atoms with Crippen molar-refractivity contribution in [3.63, 3.8) is 0 Å². The van der Waals surface area contributed by atoms with E-state index in [2.05, 4.69) is 9.98 Å². The Bertz CT molecular complexity index is 786. The zero-order valence-corrected chi connectivity index (χ0v) is 15.5. The number of nitrogens with two attached hydrogens (primary N) is 2. The first-order valence-corrected chi connectivity index (χ1v) is 9.39. The standard InChI is InChI=1S/C18H23N5O2S/c1-23(11-10-12-6-3-2-4-7-12)18(24)25-13-8-5-9-14-15(13)21-17(26-14)22-16(19)20/h2-4,6-7,13H,5,8-11H2,1H3,(H4,19,20,21,22). The van der Waals surface area contributed by atoms with E-state index in [1.807, 2.05) is 30.3 Å². The molecule has 0 bridgehead atoms. The molecule has 2 aromatic rings. The second kappa shape index (κ2) is 8.18. The number of aliphatic imine (C=N–C) groups is 1. The van der Waals surface area contributed by atoms with E-state index in [-0.39, 0.29) is 18.2 Å². The fraction of sp³-hybridized carbons (Fsp3) is 0.389. The molecule has 1 atom stereocenters. The van der Waals surface area contributed by atoms with Crippen molar-refractivity contribution >= 4 is 28.5 Å². The van der Waals surface area contributed by atoms with Gasteiger partial charge in [0.25, 0.3) is 0 Å². The summed E-state index contributed by atoms with van der Waals surface area (Å²) in [6.45, 7) is 0.596. The number of fused-ring (bicyclic) bond motifs is 1. The molecule has 0 spiro atoms. The molecular weight excluding hydrogens is 350 g/mol. The molecule has 1 amide bonds. The summed E-state index contributed by atoms with van der Waals surface area (Å²) in [7, 11) is 1.75. The van der Waals surface area contributed by atoms with Crippen LogP contribution in [0, 0.1) is 0 Å². The molecule has 3 rings (SSSR count). The van der Waals surface area contributed by atoms with Crippen LogP contribution in [0.15, 0.2) is 35.3 Å². The van der Waals surface area contributed by atoms with Crippen LogP contribution in [0.2, 0.25) is 0 Å². The third kappa shape index (κ3) is 4.51. The highest BCUT2D eigenvalue weighted by atomic mass is 32.1. The van der Waals surface area contributed by atoms with Crippen molar-refractivity contribution in [3.05, 3.63) is 46.5 Å². The van der Waals surface area contributed by atoms with E-state index in [9.17, 15) is 4.79 Å². The average molecular weight is 373 g/mol. The second-order valence-corrected chi connectivity index (χ2v) is 7.33. The molecule has 0 aliphatic heterocycles. The lowest BCUT2D eigenvalue weighted by Crippen LogP contribution is -2.31. The number of carbonyl (C=O) groups excluding carboxylic acids is 1. The van der Waals surface area contributed by atoms with Gasteiger partial charge >= 0.3 is 6.09 Å². The van der Waals surface area contributed by atoms with E-state index < -0.39 is 0 Å². The summed E-state index contributed by atoms with van der Waals surface area (Å²) in [5, 5.41) is 0.510. The van der Waals surface area contributed by atoms with Crippen molar-refractivity contribution in [1.82, 2.24) is 9.88 Å². The van der Waals surface area contributed by atoms with E-state index >= 15 is 0 Å². The molecule has 138 valence electrons. The van der Waals surface area contributed by atoms with Crippen LogP contribution in [-0.4, -0.2) is 35.5 Å². The Hall–Kier alpha value is -2.61. The van der Waals surface area contributed by atoms with Gasteiger partial charge < -0.3 is 21.1 Å². The monoisotopic (exact) mass is 373 g/mol. The minimum atomic E-state index is -0.343. The highest BCUT2D eigenvalue weighted by Gasteiger charge is 2.28. The lowest BCUT2D eigenvalue weighted by molar-refractivity contribution is 0.0592. The number of carbonyl (C=O) groups is 1. The van der Waals surface area contributed by atoms with Crippen LogP contribution < -0.4 is 11.5 Å². The molecule has 0 fully saturated rings. The van der Waals surface area contributed by atoms with Crippen molar-refractivity contribution in [2.45, 2.75) is 31.8 Å². The summed E-state index contributed by atoms with van der Waals surface area (Å²) in [4.78, 5) is 23.6. The lowest BCUT2D eigenvalue weighted by Gasteiger charge is -2.24. The van der Waals surface area contributed by atoms with Crippen molar-refractivity contribution < 1.29 is 9.53 Å². The minimum absolute atomic E-state index is 0.0229. The molecule has 1 aliphatic rings. The maximum Gasteiger partial charge on any atom is 0.410 e. The largest absolute Gasteiger partial charge is 0.440 e. The van der Waals surface area contributed by atoms with E-state index in [0.29, 0.717) is 11.7 Å². The summed E-state index contributed by atoms with van der Waals surface area (Å²) in [5.74, 6) is -0.0229. The van der Waals surface area contributed by atoms with Crippen molar-refractivity contribution in [1.29, 1.82) is 0 Å². The molecule has 1 aliphatic carbocycles. The van der Waals surface area contributed by atoms with E-state index in [0.717, 1.165) is 36.3 Å². The molecule has 4 N–H and O–H groups in total. The summed E-state index contributed by atoms with van der Waals surface area (Å²) < 4.78 is 5.71. The van der Waals surface area contributed by atoms with Gasteiger partial charge in [-0.3, -0.25) is 0 Å². The first kappa shape index (κ1) is 18.2. The Morgan fingerprint density at radius 3 is 2.88 bits per heavy atom. The maximum absolute atomic E-state index is 12.4. The Labute approximate surface area is 156 Å². The number of hydrogen-bond acceptors (Lipinski definition) is 5. The van der Waals surface area contributed by atoms with Crippen LogP contribution in [0.5, 0.6) is 0 Å². The zero-order chi connectivity index (χ0) is 18.5. The van der Waals surface area contributed by atoms with Crippen LogP contribution in [0.1, 0.15) is 35.1 Å². The lowest BCUT2D eigenvalue weighted by atomic mass is 10.0. The molecule has 7 nitrogen and oxygen atoms in total. The highest BCUT2D eigenvalue weighted by Crippen LogP contribution is 2.38. The topological polar surface area (TPSA) is 107 Å². The van der Waals surface area contributed by atoms with Gasteiger partial charge in [-0.05, 0) is 31.2 Å². The predicted molar refractivity (Wildman–Crippen MR) is 103 cm³/mol. The maximum atomic E-state index is 12.4. The fourth-order valence-electron chi connectivity index (χ4n) is 2.88. The first-order valence-electron chi connectivity index (χ1n) is 8.58. The van der Waals surface area contributed by atoms with Gasteiger partial charge in [-0.1, -0.05) is 41.7 Å². The Morgan fingerprint density at radius 1 is 1.38 bits per heavy atom. The smallest absolute Gasteiger partial charge is 0.410 e. The third-order valence-corrected chi connectivity index (χ3v) is 5.27. The third-order valence-electron chi connectivity index (χ3n) is 4.25. The number of aryl methyl sites for hydroxylation is 1. The van der Waals surface area contributed by atoms with Crippen molar-refractivity contribution in [2.75, 3.05) is 13.6 Å². The van der Waals surface area contributed by atoms with Crippen LogP contribution >= 0.6 is 11.3 Å². The van der Waals surface area contributed by atoms with Crippen LogP contribution in [0.4, 0.5) is 9.93 Å². The first-order chi connectivity index (χ1) is 12.5. The van der Waals surface area contributed by atoms with E-state index in [1.54, 1.807) is 11.9 Å². The summed E-state index contributed by atoms with van der Waals surface area (Å²) in [6, 6.07) is 10.1. The number of hydrogen-bond donors (Lipinski definition) is 2. The number of likely N-dealkylation sites (N-methyl/N-ethyl adjacent to an activating group) is 1. The van der Waals surface area contributed by atoms with Crippen LogP contribution in [0.25, 0.3) is 0 Å². The van der Waals surface area contributed by atoms with Gasteiger partial charge in [-0.15, -0.1) is 0 Å². The molecule has 0 radical (unpaired) electrons. The molecule has 0 saturated heterocycles. The van der Waals surface area contributed by atoms with Gasteiger partial charge in [0.2, 0.25) is 5.13 Å². The normalized spacial score (nSPS) is 15.8. The molecular formula is C18H23N5O2S. The van der Waals surface area contributed by atoms with Gasteiger partial charge in [0.1, 0.15) is 6.10 Å². The fourth-order valence-corrected chi connectivity index (χ4v) is 3.93. The number of ether oxygens (including phenoxy) is 1. The van der Waals surface area contributed by atoms with Gasteiger partial charge in [0.05, 0.1) is 5.69 Å². The second-order valence-electron chi connectivity index (χ2n) is 6.26. The van der Waals surface area contributed by atoms with E-state index in [4.69, 9.17) is 16.2 Å². The average Bonchev–Trinajstić information content (AvgIpc) is 3.03. The zero-order valence-electron chi connectivity index (χ0n) is 14.7. The highest BCUT2D eigenvalue weighted by molar-refractivity contribution is 7.15. The van der Waals surface area contributed by atoms with Gasteiger partial charge in [-0.25, -0.2) is 9.78 Å². The minimum Gasteiger partial charge on any atom is -0.440 e. The number of amides is 1. The number of benzene rings is 1. The Balaban J connectivity index is 1.61. The summed E-state index contributed by atoms with van der Waals surface area (Å²) >= 11 is 1.45. The number of aromatic nitrogens is 1. The molecule has 0 saturated carbocycles. The Morgan fingerprint density at radius 2 is 2.15 bits per heavy atom. The van der Waals surface area contributed by atoms with E-state index in [1.165, 1.54) is 16.9 Å².